The first-order valence-electron chi connectivity index (χ1n) is 12.2. The summed E-state index contributed by atoms with van der Waals surface area (Å²) in [5.74, 6) is 1.96. The number of nitrogens with zero attached hydrogens (tertiary/aromatic N) is 4. The molecule has 1 aromatic rings. The lowest BCUT2D eigenvalue weighted by atomic mass is 9.92. The van der Waals surface area contributed by atoms with Crippen LogP contribution in [0.5, 0.6) is 0 Å². The smallest absolute Gasteiger partial charge is 0.226 e. The number of likely N-dealkylation sites (tertiary alicyclic amines) is 2. The maximum Gasteiger partial charge on any atom is 0.226 e. The summed E-state index contributed by atoms with van der Waals surface area (Å²) < 4.78 is 0. The number of carbonyl (C=O) groups excluding carboxylic acids is 1. The molecular formula is C25H40N4O. The van der Waals surface area contributed by atoms with E-state index in [1.54, 1.807) is 0 Å². The van der Waals surface area contributed by atoms with Crippen molar-refractivity contribution in [2.75, 3.05) is 39.8 Å². The fourth-order valence-corrected chi connectivity index (χ4v) is 5.59. The lowest BCUT2D eigenvalue weighted by Gasteiger charge is -2.42. The van der Waals surface area contributed by atoms with Gasteiger partial charge < -0.3 is 14.7 Å². The van der Waals surface area contributed by atoms with E-state index >= 15 is 0 Å². The van der Waals surface area contributed by atoms with E-state index in [4.69, 9.17) is 0 Å². The van der Waals surface area contributed by atoms with Crippen LogP contribution in [0.2, 0.25) is 0 Å². The first-order chi connectivity index (χ1) is 14.6. The van der Waals surface area contributed by atoms with Gasteiger partial charge in [-0.05, 0) is 101 Å². The summed E-state index contributed by atoms with van der Waals surface area (Å²) in [5.41, 5.74) is 1.20. The van der Waals surface area contributed by atoms with Gasteiger partial charge in [-0.2, -0.15) is 0 Å². The lowest BCUT2D eigenvalue weighted by Crippen LogP contribution is -2.48. The summed E-state index contributed by atoms with van der Waals surface area (Å²) in [6, 6.07) is 4.89. The zero-order chi connectivity index (χ0) is 20.9. The van der Waals surface area contributed by atoms with Crippen LogP contribution < -0.4 is 0 Å². The van der Waals surface area contributed by atoms with Gasteiger partial charge in [-0.1, -0.05) is 13.3 Å². The summed E-state index contributed by atoms with van der Waals surface area (Å²) >= 11 is 0. The highest BCUT2D eigenvalue weighted by Gasteiger charge is 2.44. The van der Waals surface area contributed by atoms with Gasteiger partial charge in [0.25, 0.3) is 0 Å². The Morgan fingerprint density at radius 3 is 2.47 bits per heavy atom. The number of aromatic nitrogens is 1. The molecule has 2 saturated heterocycles. The molecule has 30 heavy (non-hydrogen) atoms. The molecule has 3 fully saturated rings. The van der Waals surface area contributed by atoms with Crippen LogP contribution in [0.1, 0.15) is 57.4 Å². The van der Waals surface area contributed by atoms with Gasteiger partial charge in [0.15, 0.2) is 0 Å². The molecule has 0 radical (unpaired) electrons. The van der Waals surface area contributed by atoms with Crippen molar-refractivity contribution in [3.05, 3.63) is 30.1 Å². The number of amides is 1. The Morgan fingerprint density at radius 2 is 1.80 bits per heavy atom. The molecule has 1 amide bonds. The molecule has 5 heteroatoms. The zero-order valence-corrected chi connectivity index (χ0v) is 19.0. The Hall–Kier alpha value is -1.46. The van der Waals surface area contributed by atoms with Crippen molar-refractivity contribution in [2.24, 2.45) is 17.8 Å². The molecule has 0 aromatic carbocycles. The number of carbonyl (C=O) groups is 1. The first kappa shape index (κ1) is 21.8. The van der Waals surface area contributed by atoms with E-state index in [9.17, 15) is 4.79 Å². The van der Waals surface area contributed by atoms with Gasteiger partial charge in [0.1, 0.15) is 0 Å². The average molecular weight is 413 g/mol. The highest BCUT2D eigenvalue weighted by atomic mass is 16.2. The van der Waals surface area contributed by atoms with Crippen molar-refractivity contribution in [3.8, 4) is 0 Å². The summed E-state index contributed by atoms with van der Waals surface area (Å²) in [6.07, 6.45) is 12.3. The fourth-order valence-electron chi connectivity index (χ4n) is 5.59. The minimum absolute atomic E-state index is 0.283. The average Bonchev–Trinajstić information content (AvgIpc) is 3.54. The second kappa shape index (κ2) is 10.2. The highest BCUT2D eigenvalue weighted by Crippen LogP contribution is 2.43. The van der Waals surface area contributed by atoms with Gasteiger partial charge >= 0.3 is 0 Å². The number of piperidine rings is 2. The molecule has 4 rings (SSSR count). The van der Waals surface area contributed by atoms with Crippen molar-refractivity contribution >= 4 is 5.91 Å². The Labute approximate surface area is 182 Å². The van der Waals surface area contributed by atoms with Crippen LogP contribution in [0, 0.1) is 17.8 Å². The molecule has 0 unspecified atom stereocenters. The van der Waals surface area contributed by atoms with Gasteiger partial charge in [-0.15, -0.1) is 0 Å². The fraction of sp³-hybridized carbons (Fsp3) is 0.760. The largest absolute Gasteiger partial charge is 0.338 e. The van der Waals surface area contributed by atoms with E-state index in [-0.39, 0.29) is 5.92 Å². The molecule has 166 valence electrons. The SMILES string of the molecule is CCC[C@H]1C[C@H]1C(=O)N(Cc1ccncc1)CC1CCN(C2CCN(C)CC2)CC1. The van der Waals surface area contributed by atoms with Crippen LogP contribution in [0.25, 0.3) is 0 Å². The normalized spacial score (nSPS) is 26.6. The van der Waals surface area contributed by atoms with Gasteiger partial charge in [0.2, 0.25) is 5.91 Å². The summed E-state index contributed by atoms with van der Waals surface area (Å²) in [5, 5.41) is 0. The Balaban J connectivity index is 1.32. The number of hydrogen-bond acceptors (Lipinski definition) is 4. The monoisotopic (exact) mass is 412 g/mol. The van der Waals surface area contributed by atoms with E-state index in [1.165, 1.54) is 70.3 Å². The van der Waals surface area contributed by atoms with Crippen LogP contribution in [-0.4, -0.2) is 71.4 Å². The quantitative estimate of drug-likeness (QED) is 0.653. The molecule has 1 aliphatic carbocycles. The van der Waals surface area contributed by atoms with Crippen molar-refractivity contribution < 1.29 is 4.79 Å². The number of rotatable bonds is 8. The van der Waals surface area contributed by atoms with Crippen LogP contribution in [0.15, 0.2) is 24.5 Å². The molecule has 0 bridgehead atoms. The zero-order valence-electron chi connectivity index (χ0n) is 19.0. The molecule has 1 saturated carbocycles. The van der Waals surface area contributed by atoms with Crippen LogP contribution in [-0.2, 0) is 11.3 Å². The Morgan fingerprint density at radius 1 is 1.10 bits per heavy atom. The summed E-state index contributed by atoms with van der Waals surface area (Å²) in [4.78, 5) is 24.8. The molecule has 3 heterocycles. The maximum absolute atomic E-state index is 13.3. The van der Waals surface area contributed by atoms with E-state index in [0.717, 1.165) is 25.6 Å². The number of hydrogen-bond donors (Lipinski definition) is 0. The van der Waals surface area contributed by atoms with Crippen LogP contribution in [0.4, 0.5) is 0 Å². The van der Waals surface area contributed by atoms with Gasteiger partial charge in [0, 0.05) is 37.4 Å². The van der Waals surface area contributed by atoms with E-state index < -0.39 is 0 Å². The molecule has 2 atom stereocenters. The van der Waals surface area contributed by atoms with E-state index in [2.05, 4.69) is 45.8 Å². The molecular weight excluding hydrogens is 372 g/mol. The first-order valence-corrected chi connectivity index (χ1v) is 12.2. The molecule has 0 N–H and O–H groups in total. The van der Waals surface area contributed by atoms with Crippen molar-refractivity contribution in [3.63, 3.8) is 0 Å². The van der Waals surface area contributed by atoms with Gasteiger partial charge in [0.05, 0.1) is 0 Å². The summed E-state index contributed by atoms with van der Waals surface area (Å²) in [6.45, 7) is 8.78. The third-order valence-electron chi connectivity index (χ3n) is 7.67. The second-order valence-corrected chi connectivity index (χ2v) is 9.98. The van der Waals surface area contributed by atoms with Gasteiger partial charge in [-0.3, -0.25) is 9.78 Å². The predicted molar refractivity (Wildman–Crippen MR) is 121 cm³/mol. The molecule has 1 aromatic heterocycles. The Bertz CT molecular complexity index is 665. The molecule has 2 aliphatic heterocycles. The Kier molecular flexibility index (Phi) is 7.42. The van der Waals surface area contributed by atoms with Crippen LogP contribution in [0.3, 0.4) is 0 Å². The molecule has 5 nitrogen and oxygen atoms in total. The summed E-state index contributed by atoms with van der Waals surface area (Å²) in [7, 11) is 2.24. The molecule has 3 aliphatic rings. The minimum Gasteiger partial charge on any atom is -0.338 e. The van der Waals surface area contributed by atoms with Crippen molar-refractivity contribution in [1.29, 1.82) is 0 Å². The van der Waals surface area contributed by atoms with E-state index in [1.807, 2.05) is 12.4 Å². The second-order valence-electron chi connectivity index (χ2n) is 9.98. The molecule has 0 spiro atoms. The van der Waals surface area contributed by atoms with Crippen molar-refractivity contribution in [2.45, 2.75) is 64.5 Å². The highest BCUT2D eigenvalue weighted by molar-refractivity contribution is 5.81. The lowest BCUT2D eigenvalue weighted by molar-refractivity contribution is -0.134. The van der Waals surface area contributed by atoms with E-state index in [0.29, 0.717) is 17.7 Å². The van der Waals surface area contributed by atoms with Crippen LogP contribution >= 0.6 is 0 Å². The minimum atomic E-state index is 0.283. The third kappa shape index (κ3) is 5.61. The standard InChI is InChI=1S/C25H40N4O/c1-3-4-22-17-24(22)25(30)29(18-20-5-11-26-12-6-20)19-21-7-15-28(16-8-21)23-9-13-27(2)14-10-23/h5-6,11-12,21-24H,3-4,7-10,13-19H2,1-2H3/t22-,24+/m0/s1. The van der Waals surface area contributed by atoms with Crippen molar-refractivity contribution in [1.82, 2.24) is 19.7 Å². The topological polar surface area (TPSA) is 39.7 Å². The maximum atomic E-state index is 13.3. The van der Waals surface area contributed by atoms with Gasteiger partial charge in [-0.25, -0.2) is 0 Å². The third-order valence-corrected chi connectivity index (χ3v) is 7.67. The predicted octanol–water partition coefficient (Wildman–Crippen LogP) is 3.65. The number of pyridine rings is 1.